The number of carbonyl (C=O) groups is 1. The van der Waals surface area contributed by atoms with Crippen LogP contribution in [0.4, 0.5) is 10.2 Å². The normalized spacial score (nSPS) is 19.3. The van der Waals surface area contributed by atoms with E-state index >= 15 is 4.39 Å². The van der Waals surface area contributed by atoms with Gasteiger partial charge >= 0.3 is 6.01 Å². The topological polar surface area (TPSA) is 114 Å². The quantitative estimate of drug-likeness (QED) is 0.354. The zero-order valence-electron chi connectivity index (χ0n) is 21.4. The van der Waals surface area contributed by atoms with Crippen molar-refractivity contribution in [2.24, 2.45) is 11.1 Å². The highest BCUT2D eigenvalue weighted by Crippen LogP contribution is 2.39. The summed E-state index contributed by atoms with van der Waals surface area (Å²) in [5, 5.41) is 16.2. The lowest BCUT2D eigenvalue weighted by molar-refractivity contribution is -0.127. The molecule has 1 aromatic heterocycles. The third-order valence-corrected chi connectivity index (χ3v) is 7.65. The molecule has 2 bridgehead atoms. The van der Waals surface area contributed by atoms with Gasteiger partial charge in [0.25, 0.3) is 0 Å². The average Bonchev–Trinajstić information content (AvgIpc) is 3.24. The first-order valence-electron chi connectivity index (χ1n) is 12.9. The summed E-state index contributed by atoms with van der Waals surface area (Å²) in [6, 6.07) is 15.0. The number of phenols is 1. The van der Waals surface area contributed by atoms with Crippen LogP contribution >= 0.6 is 0 Å². The number of primary amides is 1. The molecule has 1 amide bonds. The number of aromatic nitrogens is 2. The number of nitrogens with two attached hydrogens (primary N) is 1. The second kappa shape index (κ2) is 9.09. The Bertz CT molecular complexity index is 1560. The fourth-order valence-corrected chi connectivity index (χ4v) is 5.44. The predicted octanol–water partition coefficient (Wildman–Crippen LogP) is 4.13. The van der Waals surface area contributed by atoms with Gasteiger partial charge in [0, 0.05) is 36.1 Å². The van der Waals surface area contributed by atoms with Gasteiger partial charge in [-0.1, -0.05) is 30.3 Å². The molecule has 2 fully saturated rings. The number of aromatic hydroxyl groups is 1. The monoisotopic (exact) mass is 515 g/mol. The summed E-state index contributed by atoms with van der Waals surface area (Å²) >= 11 is 0. The summed E-state index contributed by atoms with van der Waals surface area (Å²) < 4.78 is 22.2. The largest absolute Gasteiger partial charge is 0.508 e. The van der Waals surface area contributed by atoms with Gasteiger partial charge in [0.05, 0.1) is 5.41 Å². The van der Waals surface area contributed by atoms with Crippen LogP contribution in [-0.2, 0) is 4.79 Å². The SMILES string of the molecule is CC(C)(COc1nc(N2CC3CCC(C2)N3)c2ccc(-c3cc(O)cc4ccccc34)c(F)c2n1)C(N)=O. The lowest BCUT2D eigenvalue weighted by Crippen LogP contribution is -2.51. The Hall–Kier alpha value is -3.98. The van der Waals surface area contributed by atoms with Gasteiger partial charge in [0.1, 0.15) is 23.7 Å². The van der Waals surface area contributed by atoms with E-state index in [0.29, 0.717) is 34.4 Å². The van der Waals surface area contributed by atoms with Gasteiger partial charge in [-0.3, -0.25) is 4.79 Å². The van der Waals surface area contributed by atoms with Crippen LogP contribution in [0.3, 0.4) is 0 Å². The van der Waals surface area contributed by atoms with Crippen molar-refractivity contribution >= 4 is 33.4 Å². The molecule has 196 valence electrons. The lowest BCUT2D eigenvalue weighted by Gasteiger charge is -2.34. The first kappa shape index (κ1) is 24.4. The molecule has 0 radical (unpaired) electrons. The van der Waals surface area contributed by atoms with E-state index in [9.17, 15) is 9.90 Å². The molecule has 2 unspecified atom stereocenters. The number of nitrogens with one attached hydrogen (secondary N) is 1. The Morgan fingerprint density at radius 2 is 1.84 bits per heavy atom. The van der Waals surface area contributed by atoms with Gasteiger partial charge in [-0.25, -0.2) is 4.39 Å². The Kier molecular flexibility index (Phi) is 5.83. The van der Waals surface area contributed by atoms with Crippen molar-refractivity contribution in [1.29, 1.82) is 0 Å². The van der Waals surface area contributed by atoms with Crippen LogP contribution in [0, 0.1) is 11.2 Å². The molecule has 4 N–H and O–H groups in total. The summed E-state index contributed by atoms with van der Waals surface area (Å²) in [5.41, 5.74) is 5.58. The molecule has 0 aliphatic carbocycles. The number of fused-ring (bicyclic) bond motifs is 4. The first-order valence-corrected chi connectivity index (χ1v) is 12.9. The first-order chi connectivity index (χ1) is 18.2. The number of ether oxygens (including phenoxy) is 1. The van der Waals surface area contributed by atoms with Gasteiger partial charge < -0.3 is 25.8 Å². The maximum atomic E-state index is 16.4. The van der Waals surface area contributed by atoms with E-state index in [1.807, 2.05) is 30.3 Å². The van der Waals surface area contributed by atoms with Crippen molar-refractivity contribution in [3.63, 3.8) is 0 Å². The molecule has 0 spiro atoms. The van der Waals surface area contributed by atoms with E-state index in [2.05, 4.69) is 15.2 Å². The number of piperazine rings is 1. The zero-order valence-corrected chi connectivity index (χ0v) is 21.4. The van der Waals surface area contributed by atoms with Gasteiger partial charge in [-0.2, -0.15) is 9.97 Å². The van der Waals surface area contributed by atoms with E-state index < -0.39 is 17.1 Å². The number of anilines is 1. The van der Waals surface area contributed by atoms with E-state index in [1.165, 1.54) is 0 Å². The van der Waals surface area contributed by atoms with Gasteiger partial charge in [-0.15, -0.1) is 0 Å². The van der Waals surface area contributed by atoms with E-state index in [1.54, 1.807) is 32.0 Å². The molecule has 2 aliphatic rings. The van der Waals surface area contributed by atoms with Crippen LogP contribution in [-0.4, -0.2) is 52.8 Å². The molecule has 8 nitrogen and oxygen atoms in total. The number of hydrogen-bond acceptors (Lipinski definition) is 7. The number of rotatable bonds is 6. The number of benzene rings is 3. The van der Waals surface area contributed by atoms with Gasteiger partial charge in [-0.05, 0) is 61.2 Å². The third kappa shape index (κ3) is 4.26. The van der Waals surface area contributed by atoms with Crippen molar-refractivity contribution in [3.8, 4) is 22.9 Å². The molecule has 2 saturated heterocycles. The van der Waals surface area contributed by atoms with Crippen molar-refractivity contribution in [2.45, 2.75) is 38.8 Å². The Morgan fingerprint density at radius 1 is 1.11 bits per heavy atom. The molecule has 2 aliphatic heterocycles. The molecule has 2 atom stereocenters. The van der Waals surface area contributed by atoms with Crippen molar-refractivity contribution in [2.75, 3.05) is 24.6 Å². The highest BCUT2D eigenvalue weighted by molar-refractivity contribution is 6.01. The van der Waals surface area contributed by atoms with Crippen LogP contribution in [0.25, 0.3) is 32.8 Å². The predicted molar refractivity (Wildman–Crippen MR) is 145 cm³/mol. The van der Waals surface area contributed by atoms with E-state index in [4.69, 9.17) is 15.5 Å². The van der Waals surface area contributed by atoms with Crippen LogP contribution in [0.2, 0.25) is 0 Å². The van der Waals surface area contributed by atoms with Crippen molar-refractivity contribution in [1.82, 2.24) is 15.3 Å². The van der Waals surface area contributed by atoms with Crippen LogP contribution in [0.1, 0.15) is 26.7 Å². The fourth-order valence-electron chi connectivity index (χ4n) is 5.44. The molecule has 3 aromatic carbocycles. The van der Waals surface area contributed by atoms with E-state index in [0.717, 1.165) is 36.7 Å². The lowest BCUT2D eigenvalue weighted by atomic mass is 9.94. The molecular formula is C29H30FN5O3. The summed E-state index contributed by atoms with van der Waals surface area (Å²) in [5.74, 6) is -0.387. The molecule has 4 aromatic rings. The summed E-state index contributed by atoms with van der Waals surface area (Å²) in [6.45, 7) is 4.80. The standard InChI is InChI=1S/C29H30FN5O3/c1-29(2,27(31)37)15-38-28-33-25-22(26(34-28)35-13-17-7-8-18(14-35)32-17)10-9-21(24(25)30)23-12-19(36)11-16-5-3-4-6-20(16)23/h3-6,9-12,17-18,32,36H,7-8,13-15H2,1-2H3,(H2,31,37). The third-order valence-electron chi connectivity index (χ3n) is 7.65. The zero-order chi connectivity index (χ0) is 26.6. The summed E-state index contributed by atoms with van der Waals surface area (Å²) in [4.78, 5) is 23.2. The fraction of sp³-hybridized carbons (Fsp3) is 0.345. The Balaban J connectivity index is 1.51. The molecule has 3 heterocycles. The molecular weight excluding hydrogens is 485 g/mol. The molecule has 0 saturated carbocycles. The number of phenolic OH excluding ortho intramolecular Hbond substituents is 1. The molecule has 38 heavy (non-hydrogen) atoms. The minimum Gasteiger partial charge on any atom is -0.508 e. The van der Waals surface area contributed by atoms with Crippen LogP contribution in [0.5, 0.6) is 11.8 Å². The number of halogens is 1. The van der Waals surface area contributed by atoms with Crippen LogP contribution in [0.15, 0.2) is 48.5 Å². The summed E-state index contributed by atoms with van der Waals surface area (Å²) in [6.07, 6.45) is 2.17. The molecule has 6 rings (SSSR count). The number of amides is 1. The smallest absolute Gasteiger partial charge is 0.319 e. The van der Waals surface area contributed by atoms with Crippen LogP contribution < -0.4 is 20.7 Å². The highest BCUT2D eigenvalue weighted by atomic mass is 19.1. The van der Waals surface area contributed by atoms with E-state index in [-0.39, 0.29) is 23.9 Å². The Morgan fingerprint density at radius 3 is 2.58 bits per heavy atom. The minimum atomic E-state index is -0.951. The van der Waals surface area contributed by atoms with Gasteiger partial charge in [0.2, 0.25) is 5.91 Å². The second-order valence-corrected chi connectivity index (χ2v) is 10.9. The highest BCUT2D eigenvalue weighted by Gasteiger charge is 2.34. The van der Waals surface area contributed by atoms with Gasteiger partial charge in [0.15, 0.2) is 5.82 Å². The van der Waals surface area contributed by atoms with Crippen molar-refractivity contribution in [3.05, 3.63) is 54.3 Å². The maximum Gasteiger partial charge on any atom is 0.319 e. The number of hydrogen-bond donors (Lipinski definition) is 3. The molecule has 9 heteroatoms. The van der Waals surface area contributed by atoms with Crippen molar-refractivity contribution < 1.29 is 19.0 Å². The second-order valence-electron chi connectivity index (χ2n) is 10.9. The number of nitrogens with zero attached hydrogens (tertiary/aromatic N) is 3. The minimum absolute atomic E-state index is 0.00970. The summed E-state index contributed by atoms with van der Waals surface area (Å²) in [7, 11) is 0. The average molecular weight is 516 g/mol. The Labute approximate surface area is 219 Å². The maximum absolute atomic E-state index is 16.4. The number of carbonyl (C=O) groups excluding carboxylic acids is 1.